The van der Waals surface area contributed by atoms with Crippen molar-refractivity contribution in [3.63, 3.8) is 0 Å². The van der Waals surface area contributed by atoms with Gasteiger partial charge in [-0.3, -0.25) is 9.59 Å². The summed E-state index contributed by atoms with van der Waals surface area (Å²) in [5.74, 6) is 0.244. The number of nitrogens with zero attached hydrogens (tertiary/aromatic N) is 1. The Balaban J connectivity index is 1.87. The van der Waals surface area contributed by atoms with Crippen LogP contribution in [-0.4, -0.2) is 32.0 Å². The largest absolute Gasteiger partial charge is 0.352 e. The topological polar surface area (TPSA) is 61.4 Å². The van der Waals surface area contributed by atoms with E-state index in [-0.39, 0.29) is 11.8 Å². The van der Waals surface area contributed by atoms with Crippen molar-refractivity contribution in [2.45, 2.75) is 32.2 Å². The summed E-state index contributed by atoms with van der Waals surface area (Å²) in [6.07, 6.45) is 3.18. The molecule has 1 aliphatic rings. The van der Waals surface area contributed by atoms with E-state index in [2.05, 4.69) is 10.6 Å². The molecule has 1 saturated heterocycles. The van der Waals surface area contributed by atoms with Crippen molar-refractivity contribution in [1.82, 2.24) is 10.6 Å². The van der Waals surface area contributed by atoms with Crippen molar-refractivity contribution in [3.8, 4) is 0 Å². The van der Waals surface area contributed by atoms with Crippen LogP contribution in [0.25, 0.3) is 0 Å². The number of amides is 2. The van der Waals surface area contributed by atoms with E-state index in [0.29, 0.717) is 25.9 Å². The van der Waals surface area contributed by atoms with Gasteiger partial charge < -0.3 is 15.5 Å². The van der Waals surface area contributed by atoms with Gasteiger partial charge in [-0.05, 0) is 37.6 Å². The monoisotopic (exact) mass is 289 g/mol. The Bertz CT molecular complexity index is 485. The molecule has 1 aromatic carbocycles. The van der Waals surface area contributed by atoms with E-state index in [4.69, 9.17) is 0 Å². The second-order valence-electron chi connectivity index (χ2n) is 5.30. The molecule has 1 fully saturated rings. The summed E-state index contributed by atoms with van der Waals surface area (Å²) in [5, 5.41) is 5.83. The Morgan fingerprint density at radius 1 is 1.24 bits per heavy atom. The highest BCUT2D eigenvalue weighted by Crippen LogP contribution is 2.21. The van der Waals surface area contributed by atoms with E-state index < -0.39 is 0 Å². The lowest BCUT2D eigenvalue weighted by molar-refractivity contribution is -0.121. The molecule has 5 nitrogen and oxygen atoms in total. The number of hydrogen-bond donors (Lipinski definition) is 2. The van der Waals surface area contributed by atoms with Crippen LogP contribution in [0.1, 0.15) is 31.2 Å². The molecule has 5 heteroatoms. The van der Waals surface area contributed by atoms with E-state index in [1.54, 1.807) is 0 Å². The van der Waals surface area contributed by atoms with Crippen LogP contribution in [0.4, 0.5) is 5.69 Å². The Morgan fingerprint density at radius 3 is 2.67 bits per heavy atom. The molecule has 0 aromatic heterocycles. The molecule has 0 unspecified atom stereocenters. The van der Waals surface area contributed by atoms with Crippen LogP contribution >= 0.6 is 0 Å². The zero-order valence-corrected chi connectivity index (χ0v) is 12.5. The van der Waals surface area contributed by atoms with Gasteiger partial charge in [0, 0.05) is 38.2 Å². The van der Waals surface area contributed by atoms with Crippen LogP contribution < -0.4 is 15.5 Å². The molecule has 2 rings (SSSR count). The lowest BCUT2D eigenvalue weighted by atomic mass is 10.1. The Morgan fingerprint density at radius 2 is 2.00 bits per heavy atom. The molecule has 1 aliphatic heterocycles. The standard InChI is InChI=1S/C16H23N3O2/c1-17-10-9-15(20)18-12-13-5-7-14(8-6-13)19-11-3-2-4-16(19)21/h5-8,17H,2-4,9-12H2,1H3,(H,18,20). The Kier molecular flexibility index (Phi) is 5.75. The first kappa shape index (κ1) is 15.5. The minimum atomic E-state index is 0.0413. The Labute approximate surface area is 125 Å². The first-order valence-corrected chi connectivity index (χ1v) is 7.51. The summed E-state index contributed by atoms with van der Waals surface area (Å²) in [4.78, 5) is 25.2. The predicted molar refractivity (Wildman–Crippen MR) is 83.0 cm³/mol. The van der Waals surface area contributed by atoms with Gasteiger partial charge in [-0.15, -0.1) is 0 Å². The maximum Gasteiger partial charge on any atom is 0.226 e. The molecule has 2 N–H and O–H groups in total. The zero-order chi connectivity index (χ0) is 15.1. The normalized spacial score (nSPS) is 15.1. The second kappa shape index (κ2) is 7.78. The second-order valence-corrected chi connectivity index (χ2v) is 5.30. The quantitative estimate of drug-likeness (QED) is 0.833. The van der Waals surface area contributed by atoms with Gasteiger partial charge in [0.15, 0.2) is 0 Å². The van der Waals surface area contributed by atoms with Crippen molar-refractivity contribution in [2.75, 3.05) is 25.0 Å². The van der Waals surface area contributed by atoms with E-state index >= 15 is 0 Å². The number of carbonyl (C=O) groups excluding carboxylic acids is 2. The fraction of sp³-hybridized carbons (Fsp3) is 0.500. The van der Waals surface area contributed by atoms with Crippen molar-refractivity contribution < 1.29 is 9.59 Å². The average molecular weight is 289 g/mol. The van der Waals surface area contributed by atoms with Gasteiger partial charge in [-0.1, -0.05) is 12.1 Å². The SMILES string of the molecule is CNCCC(=O)NCc1ccc(N2CCCCC2=O)cc1. The molecule has 114 valence electrons. The fourth-order valence-electron chi connectivity index (χ4n) is 2.40. The Hall–Kier alpha value is -1.88. The summed E-state index contributed by atoms with van der Waals surface area (Å²) in [5.41, 5.74) is 1.99. The van der Waals surface area contributed by atoms with Crippen molar-refractivity contribution in [2.24, 2.45) is 0 Å². The molecular weight excluding hydrogens is 266 g/mol. The van der Waals surface area contributed by atoms with Crippen molar-refractivity contribution >= 4 is 17.5 Å². The lowest BCUT2D eigenvalue weighted by Crippen LogP contribution is -2.35. The third-order valence-corrected chi connectivity index (χ3v) is 3.66. The molecule has 0 aliphatic carbocycles. The van der Waals surface area contributed by atoms with E-state index in [1.165, 1.54) is 0 Å². The number of carbonyl (C=O) groups is 2. The van der Waals surface area contributed by atoms with Gasteiger partial charge >= 0.3 is 0 Å². The van der Waals surface area contributed by atoms with E-state index in [0.717, 1.165) is 30.6 Å². The smallest absolute Gasteiger partial charge is 0.226 e. The molecule has 21 heavy (non-hydrogen) atoms. The highest BCUT2D eigenvalue weighted by Gasteiger charge is 2.19. The van der Waals surface area contributed by atoms with Gasteiger partial charge in [0.1, 0.15) is 0 Å². The summed E-state index contributed by atoms with van der Waals surface area (Å²) >= 11 is 0. The number of benzene rings is 1. The lowest BCUT2D eigenvalue weighted by Gasteiger charge is -2.26. The first-order chi connectivity index (χ1) is 10.2. The highest BCUT2D eigenvalue weighted by molar-refractivity contribution is 5.93. The summed E-state index contributed by atoms with van der Waals surface area (Å²) in [6.45, 7) is 2.01. The molecule has 0 atom stereocenters. The summed E-state index contributed by atoms with van der Waals surface area (Å²) in [7, 11) is 1.83. The van der Waals surface area contributed by atoms with Crippen LogP contribution in [0.15, 0.2) is 24.3 Å². The molecule has 0 saturated carbocycles. The van der Waals surface area contributed by atoms with Gasteiger partial charge in [0.25, 0.3) is 0 Å². The number of anilines is 1. The van der Waals surface area contributed by atoms with Crippen LogP contribution in [0.5, 0.6) is 0 Å². The van der Waals surface area contributed by atoms with Crippen LogP contribution in [0, 0.1) is 0 Å². The number of hydrogen-bond acceptors (Lipinski definition) is 3. The highest BCUT2D eigenvalue weighted by atomic mass is 16.2. The molecule has 0 spiro atoms. The van der Waals surface area contributed by atoms with Crippen molar-refractivity contribution in [1.29, 1.82) is 0 Å². The molecular formula is C16H23N3O2. The van der Waals surface area contributed by atoms with Gasteiger partial charge in [-0.25, -0.2) is 0 Å². The fourth-order valence-corrected chi connectivity index (χ4v) is 2.40. The minimum absolute atomic E-state index is 0.0413. The summed E-state index contributed by atoms with van der Waals surface area (Å²) < 4.78 is 0. The third-order valence-electron chi connectivity index (χ3n) is 3.66. The molecule has 0 bridgehead atoms. The van der Waals surface area contributed by atoms with Gasteiger partial charge in [-0.2, -0.15) is 0 Å². The van der Waals surface area contributed by atoms with Gasteiger partial charge in [0.05, 0.1) is 0 Å². The molecule has 1 aromatic rings. The number of rotatable bonds is 6. The van der Waals surface area contributed by atoms with Crippen LogP contribution in [0.2, 0.25) is 0 Å². The summed E-state index contributed by atoms with van der Waals surface area (Å²) in [6, 6.07) is 7.85. The molecule has 0 radical (unpaired) electrons. The number of nitrogens with one attached hydrogen (secondary N) is 2. The third kappa shape index (κ3) is 4.56. The zero-order valence-electron chi connectivity index (χ0n) is 12.5. The van der Waals surface area contributed by atoms with E-state index in [9.17, 15) is 9.59 Å². The first-order valence-electron chi connectivity index (χ1n) is 7.51. The average Bonchev–Trinajstić information content (AvgIpc) is 2.52. The maximum atomic E-state index is 11.9. The number of piperidine rings is 1. The predicted octanol–water partition coefficient (Wildman–Crippen LogP) is 1.43. The van der Waals surface area contributed by atoms with E-state index in [1.807, 2.05) is 36.2 Å². The van der Waals surface area contributed by atoms with Crippen molar-refractivity contribution in [3.05, 3.63) is 29.8 Å². The molecule has 1 heterocycles. The van der Waals surface area contributed by atoms with Crippen LogP contribution in [-0.2, 0) is 16.1 Å². The van der Waals surface area contributed by atoms with Gasteiger partial charge in [0.2, 0.25) is 11.8 Å². The molecule has 2 amide bonds. The maximum absolute atomic E-state index is 11.9. The minimum Gasteiger partial charge on any atom is -0.352 e. The van der Waals surface area contributed by atoms with Crippen LogP contribution in [0.3, 0.4) is 0 Å².